The Balaban J connectivity index is 1.85. The van der Waals surface area contributed by atoms with Crippen LogP contribution >= 0.6 is 11.8 Å². The van der Waals surface area contributed by atoms with Crippen LogP contribution in [0.3, 0.4) is 0 Å². The molecule has 0 atom stereocenters. The largest absolute Gasteiger partial charge is 0.326 e. The quantitative estimate of drug-likeness (QED) is 0.765. The van der Waals surface area contributed by atoms with Gasteiger partial charge in [-0.25, -0.2) is 0 Å². The molecule has 2 N–H and O–H groups in total. The number of carbonyl (C=O) groups is 2. The minimum Gasteiger partial charge on any atom is -0.326 e. The molecule has 2 rings (SSSR count). The van der Waals surface area contributed by atoms with Crippen LogP contribution in [0.25, 0.3) is 0 Å². The Morgan fingerprint density at radius 2 is 1.40 bits per heavy atom. The topological polar surface area (TPSA) is 58.2 Å². The first-order valence-corrected chi connectivity index (χ1v) is 9.13. The molecule has 0 radical (unpaired) electrons. The Kier molecular flexibility index (Phi) is 6.26. The van der Waals surface area contributed by atoms with Crippen LogP contribution in [0.1, 0.15) is 33.3 Å². The molecule has 0 heterocycles. The lowest BCUT2D eigenvalue weighted by atomic mass is 9.87. The van der Waals surface area contributed by atoms with Gasteiger partial charge in [-0.1, -0.05) is 32.9 Å². The maximum Gasteiger partial charge on any atom is 0.234 e. The van der Waals surface area contributed by atoms with Gasteiger partial charge in [-0.15, -0.1) is 11.8 Å². The van der Waals surface area contributed by atoms with Crippen LogP contribution in [0.4, 0.5) is 11.4 Å². The van der Waals surface area contributed by atoms with Crippen LogP contribution < -0.4 is 10.6 Å². The van der Waals surface area contributed by atoms with Gasteiger partial charge >= 0.3 is 0 Å². The van der Waals surface area contributed by atoms with E-state index in [9.17, 15) is 9.59 Å². The van der Waals surface area contributed by atoms with Crippen LogP contribution in [0.2, 0.25) is 0 Å². The summed E-state index contributed by atoms with van der Waals surface area (Å²) in [5, 5.41) is 5.63. The average Bonchev–Trinajstić information content (AvgIpc) is 2.53. The summed E-state index contributed by atoms with van der Waals surface area (Å²) < 4.78 is 0. The lowest BCUT2D eigenvalue weighted by Crippen LogP contribution is -2.15. The van der Waals surface area contributed by atoms with Gasteiger partial charge in [0, 0.05) is 23.2 Å². The zero-order chi connectivity index (χ0) is 18.4. The normalized spacial score (nSPS) is 11.0. The fourth-order valence-electron chi connectivity index (χ4n) is 2.24. The van der Waals surface area contributed by atoms with E-state index in [1.165, 1.54) is 24.2 Å². The molecule has 2 aromatic rings. The second-order valence-electron chi connectivity index (χ2n) is 6.87. The second-order valence-corrected chi connectivity index (χ2v) is 7.92. The number of thioether (sulfide) groups is 1. The third-order valence-electron chi connectivity index (χ3n) is 3.58. The molecule has 132 valence electrons. The monoisotopic (exact) mass is 356 g/mol. The summed E-state index contributed by atoms with van der Waals surface area (Å²) in [5.74, 6) is 0.192. The summed E-state index contributed by atoms with van der Waals surface area (Å²) in [5.41, 5.74) is 2.89. The minimum atomic E-state index is -0.0998. The van der Waals surface area contributed by atoms with Crippen molar-refractivity contribution in [1.29, 1.82) is 0 Å². The lowest BCUT2D eigenvalue weighted by molar-refractivity contribution is -0.114. The van der Waals surface area contributed by atoms with Gasteiger partial charge in [-0.3, -0.25) is 9.59 Å². The van der Waals surface area contributed by atoms with Crippen molar-refractivity contribution in [3.05, 3.63) is 54.1 Å². The SMILES string of the molecule is CC(=O)Nc1ccc(SCC(=O)Nc2ccc(C(C)(C)C)cc2)cc1. The van der Waals surface area contributed by atoms with Gasteiger partial charge in [0.1, 0.15) is 0 Å². The molecule has 4 nitrogen and oxygen atoms in total. The highest BCUT2D eigenvalue weighted by Crippen LogP contribution is 2.24. The maximum atomic E-state index is 12.1. The molecule has 2 aromatic carbocycles. The summed E-state index contributed by atoms with van der Waals surface area (Å²) in [6, 6.07) is 15.4. The number of benzene rings is 2. The van der Waals surface area contributed by atoms with Gasteiger partial charge in [0.05, 0.1) is 5.75 Å². The van der Waals surface area contributed by atoms with Gasteiger partial charge in [-0.2, -0.15) is 0 Å². The fourth-order valence-corrected chi connectivity index (χ4v) is 2.94. The zero-order valence-corrected chi connectivity index (χ0v) is 15.9. The Morgan fingerprint density at radius 1 is 0.880 bits per heavy atom. The summed E-state index contributed by atoms with van der Waals surface area (Å²) >= 11 is 1.46. The number of anilines is 2. The van der Waals surface area contributed by atoms with Crippen molar-refractivity contribution in [2.24, 2.45) is 0 Å². The maximum absolute atomic E-state index is 12.1. The van der Waals surface area contributed by atoms with Gasteiger partial charge < -0.3 is 10.6 Å². The van der Waals surface area contributed by atoms with E-state index in [-0.39, 0.29) is 17.2 Å². The van der Waals surface area contributed by atoms with Crippen LogP contribution in [0.5, 0.6) is 0 Å². The van der Waals surface area contributed by atoms with E-state index in [4.69, 9.17) is 0 Å². The summed E-state index contributed by atoms with van der Waals surface area (Å²) in [6.45, 7) is 7.96. The van der Waals surface area contributed by atoms with Crippen molar-refractivity contribution in [3.8, 4) is 0 Å². The molecule has 0 aliphatic rings. The lowest BCUT2D eigenvalue weighted by Gasteiger charge is -2.19. The van der Waals surface area contributed by atoms with E-state index in [1.54, 1.807) is 0 Å². The van der Waals surface area contributed by atoms with Crippen molar-refractivity contribution in [1.82, 2.24) is 0 Å². The summed E-state index contributed by atoms with van der Waals surface area (Å²) in [4.78, 5) is 24.1. The third-order valence-corrected chi connectivity index (χ3v) is 4.59. The molecular formula is C20H24N2O2S. The van der Waals surface area contributed by atoms with E-state index < -0.39 is 0 Å². The molecule has 0 aliphatic heterocycles. The van der Waals surface area contributed by atoms with E-state index in [0.29, 0.717) is 5.75 Å². The number of amides is 2. The van der Waals surface area contributed by atoms with Gasteiger partial charge in [0.2, 0.25) is 11.8 Å². The first-order valence-electron chi connectivity index (χ1n) is 8.15. The van der Waals surface area contributed by atoms with E-state index in [0.717, 1.165) is 16.3 Å². The average molecular weight is 356 g/mol. The van der Waals surface area contributed by atoms with Crippen molar-refractivity contribution in [2.75, 3.05) is 16.4 Å². The highest BCUT2D eigenvalue weighted by atomic mass is 32.2. The number of hydrogen-bond donors (Lipinski definition) is 2. The van der Waals surface area contributed by atoms with Gasteiger partial charge in [0.15, 0.2) is 0 Å². The minimum absolute atomic E-state index is 0.0422. The molecule has 2 amide bonds. The fraction of sp³-hybridized carbons (Fsp3) is 0.300. The van der Waals surface area contributed by atoms with Gasteiger partial charge in [0.25, 0.3) is 0 Å². The summed E-state index contributed by atoms with van der Waals surface area (Å²) in [7, 11) is 0. The highest BCUT2D eigenvalue weighted by Gasteiger charge is 2.13. The Morgan fingerprint density at radius 3 is 1.92 bits per heavy atom. The Bertz CT molecular complexity index is 732. The van der Waals surface area contributed by atoms with Crippen LogP contribution in [0.15, 0.2) is 53.4 Å². The molecule has 0 saturated heterocycles. The van der Waals surface area contributed by atoms with Crippen LogP contribution in [-0.4, -0.2) is 17.6 Å². The number of rotatable bonds is 5. The number of carbonyl (C=O) groups excluding carboxylic acids is 2. The number of nitrogens with one attached hydrogen (secondary N) is 2. The van der Waals surface area contributed by atoms with Crippen molar-refractivity contribution in [3.63, 3.8) is 0 Å². The van der Waals surface area contributed by atoms with Crippen molar-refractivity contribution in [2.45, 2.75) is 38.0 Å². The predicted molar refractivity (Wildman–Crippen MR) is 105 cm³/mol. The third kappa shape index (κ3) is 6.27. The molecule has 0 unspecified atom stereocenters. The van der Waals surface area contributed by atoms with Crippen molar-refractivity contribution >= 4 is 35.0 Å². The molecule has 5 heteroatoms. The van der Waals surface area contributed by atoms with Crippen LogP contribution in [0, 0.1) is 0 Å². The predicted octanol–water partition coefficient (Wildman–Crippen LogP) is 4.67. The molecule has 25 heavy (non-hydrogen) atoms. The van der Waals surface area contributed by atoms with Crippen LogP contribution in [-0.2, 0) is 15.0 Å². The smallest absolute Gasteiger partial charge is 0.234 e. The molecular weight excluding hydrogens is 332 g/mol. The van der Waals surface area contributed by atoms with E-state index >= 15 is 0 Å². The standard InChI is InChI=1S/C20H24N2O2S/c1-14(23)21-16-9-11-18(12-10-16)25-13-19(24)22-17-7-5-15(6-8-17)20(2,3)4/h5-12H,13H2,1-4H3,(H,21,23)(H,22,24). The first-order chi connectivity index (χ1) is 11.7. The molecule has 0 saturated carbocycles. The zero-order valence-electron chi connectivity index (χ0n) is 15.1. The molecule has 0 bridgehead atoms. The van der Waals surface area contributed by atoms with Crippen molar-refractivity contribution < 1.29 is 9.59 Å². The Hall–Kier alpha value is -2.27. The first kappa shape index (κ1) is 19.1. The molecule has 0 aliphatic carbocycles. The van der Waals surface area contributed by atoms with E-state index in [2.05, 4.69) is 31.4 Å². The van der Waals surface area contributed by atoms with Gasteiger partial charge in [-0.05, 0) is 47.4 Å². The molecule has 0 spiro atoms. The van der Waals surface area contributed by atoms with E-state index in [1.807, 2.05) is 48.5 Å². The Labute approximate surface area is 153 Å². The number of hydrogen-bond acceptors (Lipinski definition) is 3. The second kappa shape index (κ2) is 8.21. The molecule has 0 fully saturated rings. The molecule has 0 aromatic heterocycles. The highest BCUT2D eigenvalue weighted by molar-refractivity contribution is 8.00. The summed E-state index contributed by atoms with van der Waals surface area (Å²) in [6.07, 6.45) is 0.